The summed E-state index contributed by atoms with van der Waals surface area (Å²) >= 11 is 0. The number of nitrogens with zero attached hydrogens (tertiary/aromatic N) is 1. The summed E-state index contributed by atoms with van der Waals surface area (Å²) in [5.74, 6) is -1.37. The van der Waals surface area contributed by atoms with Crippen LogP contribution in [0.4, 0.5) is 4.39 Å². The van der Waals surface area contributed by atoms with E-state index in [1.165, 1.54) is 23.8 Å². The first-order chi connectivity index (χ1) is 13.6. The fraction of sp³-hybridized carbons (Fsp3) is 0.435. The van der Waals surface area contributed by atoms with Crippen molar-refractivity contribution in [3.05, 3.63) is 71.0 Å². The number of aryl methyl sites for hydroxylation is 1. The molecule has 0 radical (unpaired) electrons. The van der Waals surface area contributed by atoms with Gasteiger partial charge in [-0.25, -0.2) is 9.18 Å². The van der Waals surface area contributed by atoms with Crippen molar-refractivity contribution in [3.63, 3.8) is 0 Å². The molecule has 1 heterocycles. The predicted octanol–water partition coefficient (Wildman–Crippen LogP) is 4.53. The van der Waals surface area contributed by atoms with Gasteiger partial charge in [0.15, 0.2) is 0 Å². The second-order valence-electron chi connectivity index (χ2n) is 7.40. The number of carbonyl (C=O) groups is 1. The number of unbranched alkanes of at least 4 members (excludes halogenated alkanes) is 1. The van der Waals surface area contributed by atoms with Gasteiger partial charge < -0.3 is 14.7 Å². The number of halogens is 1. The van der Waals surface area contributed by atoms with E-state index >= 15 is 0 Å². The van der Waals surface area contributed by atoms with Gasteiger partial charge in [-0.05, 0) is 68.0 Å². The quantitative estimate of drug-likeness (QED) is 0.645. The molecule has 0 saturated carbocycles. The number of aromatic carboxylic acids is 1. The minimum Gasteiger partial charge on any atom is -0.478 e. The maximum Gasteiger partial charge on any atom is 0.335 e. The van der Waals surface area contributed by atoms with Crippen molar-refractivity contribution >= 4 is 5.97 Å². The zero-order valence-corrected chi connectivity index (χ0v) is 16.1. The highest BCUT2D eigenvalue weighted by molar-refractivity contribution is 5.89. The summed E-state index contributed by atoms with van der Waals surface area (Å²) in [4.78, 5) is 13.7. The molecule has 2 aromatic rings. The van der Waals surface area contributed by atoms with E-state index < -0.39 is 5.97 Å². The highest BCUT2D eigenvalue weighted by Crippen LogP contribution is 2.18. The average molecular weight is 385 g/mol. The fourth-order valence-corrected chi connectivity index (χ4v) is 3.72. The normalized spacial score (nSPS) is 15.6. The first-order valence-electron chi connectivity index (χ1n) is 10.0. The Morgan fingerprint density at radius 1 is 1.11 bits per heavy atom. The summed E-state index contributed by atoms with van der Waals surface area (Å²) in [5, 5.41) is 9.22. The van der Waals surface area contributed by atoms with Crippen molar-refractivity contribution in [2.24, 2.45) is 0 Å². The van der Waals surface area contributed by atoms with Gasteiger partial charge in [-0.1, -0.05) is 30.3 Å². The first kappa shape index (κ1) is 20.5. The molecule has 0 aliphatic carbocycles. The largest absolute Gasteiger partial charge is 0.478 e. The minimum atomic E-state index is -0.993. The summed E-state index contributed by atoms with van der Waals surface area (Å²) in [7, 11) is 0. The van der Waals surface area contributed by atoms with Crippen LogP contribution in [0.15, 0.2) is 48.5 Å². The van der Waals surface area contributed by atoms with E-state index in [0.29, 0.717) is 24.7 Å². The van der Waals surface area contributed by atoms with Gasteiger partial charge in [0.1, 0.15) is 5.82 Å². The van der Waals surface area contributed by atoms with E-state index in [1.807, 2.05) is 18.2 Å². The molecule has 3 rings (SSSR count). The molecule has 1 aliphatic rings. The lowest BCUT2D eigenvalue weighted by Gasteiger charge is -2.32. The Morgan fingerprint density at radius 2 is 1.86 bits per heavy atom. The average Bonchev–Trinajstić information content (AvgIpc) is 2.71. The Kier molecular flexibility index (Phi) is 7.57. The van der Waals surface area contributed by atoms with E-state index in [0.717, 1.165) is 45.3 Å². The molecule has 0 atom stereocenters. The number of ether oxygens (including phenoxy) is 1. The maximum absolute atomic E-state index is 13.4. The van der Waals surface area contributed by atoms with Gasteiger partial charge >= 0.3 is 5.97 Å². The highest BCUT2D eigenvalue weighted by atomic mass is 19.1. The summed E-state index contributed by atoms with van der Waals surface area (Å²) < 4.78 is 19.4. The standard InChI is InChI=1S/C23H28FNO3/c24-20-9-10-22(23(26)27)19(16-20)8-4-5-13-25-14-11-21(12-15-25)28-17-18-6-2-1-3-7-18/h1-3,6-7,9-10,16,21H,4-5,8,11-15,17H2,(H,26,27). The van der Waals surface area contributed by atoms with Gasteiger partial charge in [0.25, 0.3) is 0 Å². The van der Waals surface area contributed by atoms with Crippen molar-refractivity contribution < 1.29 is 19.0 Å². The molecule has 4 nitrogen and oxygen atoms in total. The third kappa shape index (κ3) is 6.14. The number of hydrogen-bond acceptors (Lipinski definition) is 3. The van der Waals surface area contributed by atoms with E-state index in [2.05, 4.69) is 17.0 Å². The summed E-state index contributed by atoms with van der Waals surface area (Å²) in [6, 6.07) is 14.2. The Bertz CT molecular complexity index is 758. The Hall–Kier alpha value is -2.24. The summed E-state index contributed by atoms with van der Waals surface area (Å²) in [6.45, 7) is 3.72. The van der Waals surface area contributed by atoms with Crippen LogP contribution < -0.4 is 0 Å². The van der Waals surface area contributed by atoms with Gasteiger partial charge in [0, 0.05) is 13.1 Å². The molecule has 0 spiro atoms. The lowest BCUT2D eigenvalue weighted by atomic mass is 10.0. The molecule has 28 heavy (non-hydrogen) atoms. The number of rotatable bonds is 9. The first-order valence-corrected chi connectivity index (χ1v) is 10.0. The predicted molar refractivity (Wildman–Crippen MR) is 107 cm³/mol. The van der Waals surface area contributed by atoms with Crippen LogP contribution in [0.2, 0.25) is 0 Å². The molecule has 0 bridgehead atoms. The summed E-state index contributed by atoms with van der Waals surface area (Å²) in [6.07, 6.45) is 4.83. The summed E-state index contributed by atoms with van der Waals surface area (Å²) in [5.41, 5.74) is 2.00. The molecule has 1 saturated heterocycles. The Morgan fingerprint density at radius 3 is 2.57 bits per heavy atom. The second kappa shape index (κ2) is 10.3. The minimum absolute atomic E-state index is 0.206. The van der Waals surface area contributed by atoms with Crippen LogP contribution in [0.1, 0.15) is 47.2 Å². The molecule has 1 N–H and O–H groups in total. The van der Waals surface area contributed by atoms with Crippen LogP contribution >= 0.6 is 0 Å². The van der Waals surface area contributed by atoms with Gasteiger partial charge in [-0.3, -0.25) is 0 Å². The van der Waals surface area contributed by atoms with Crippen molar-refractivity contribution in [3.8, 4) is 0 Å². The zero-order chi connectivity index (χ0) is 19.8. The van der Waals surface area contributed by atoms with Crippen molar-refractivity contribution in [2.75, 3.05) is 19.6 Å². The topological polar surface area (TPSA) is 49.8 Å². The molecule has 1 fully saturated rings. The second-order valence-corrected chi connectivity index (χ2v) is 7.40. The van der Waals surface area contributed by atoms with Gasteiger partial charge in [-0.15, -0.1) is 0 Å². The molecule has 0 amide bonds. The van der Waals surface area contributed by atoms with Crippen LogP contribution in [-0.2, 0) is 17.8 Å². The number of piperidine rings is 1. The van der Waals surface area contributed by atoms with Crippen LogP contribution in [0, 0.1) is 5.82 Å². The Balaban J connectivity index is 1.34. The maximum atomic E-state index is 13.4. The van der Waals surface area contributed by atoms with Crippen LogP contribution in [0.3, 0.4) is 0 Å². The third-order valence-electron chi connectivity index (χ3n) is 5.33. The van der Waals surface area contributed by atoms with Gasteiger partial charge in [-0.2, -0.15) is 0 Å². The molecule has 0 unspecified atom stereocenters. The highest BCUT2D eigenvalue weighted by Gasteiger charge is 2.19. The number of carboxylic acid groups (broad SMARTS) is 1. The number of hydrogen-bond donors (Lipinski definition) is 1. The zero-order valence-electron chi connectivity index (χ0n) is 16.1. The van der Waals surface area contributed by atoms with Gasteiger partial charge in [0.05, 0.1) is 18.3 Å². The SMILES string of the molecule is O=C(O)c1ccc(F)cc1CCCCN1CCC(OCc2ccccc2)CC1. The monoisotopic (exact) mass is 385 g/mol. The van der Waals surface area contributed by atoms with Gasteiger partial charge in [0.2, 0.25) is 0 Å². The molecule has 150 valence electrons. The fourth-order valence-electron chi connectivity index (χ4n) is 3.72. The Labute approximate surface area is 165 Å². The van der Waals surface area contributed by atoms with Crippen LogP contribution in [0.25, 0.3) is 0 Å². The molecule has 2 aromatic carbocycles. The van der Waals surface area contributed by atoms with Crippen LogP contribution in [0.5, 0.6) is 0 Å². The number of benzene rings is 2. The lowest BCUT2D eigenvalue weighted by Crippen LogP contribution is -2.37. The van der Waals surface area contributed by atoms with Crippen molar-refractivity contribution in [1.82, 2.24) is 4.90 Å². The van der Waals surface area contributed by atoms with E-state index in [9.17, 15) is 14.3 Å². The van der Waals surface area contributed by atoms with E-state index in [1.54, 1.807) is 0 Å². The lowest BCUT2D eigenvalue weighted by molar-refractivity contribution is -0.00262. The molecular formula is C23H28FNO3. The number of likely N-dealkylation sites (tertiary alicyclic amines) is 1. The molecular weight excluding hydrogens is 357 g/mol. The molecule has 1 aliphatic heterocycles. The van der Waals surface area contributed by atoms with E-state index in [4.69, 9.17) is 4.74 Å². The number of carboxylic acids is 1. The van der Waals surface area contributed by atoms with Crippen molar-refractivity contribution in [2.45, 2.75) is 44.8 Å². The smallest absolute Gasteiger partial charge is 0.335 e. The molecule has 5 heteroatoms. The van der Waals surface area contributed by atoms with Crippen molar-refractivity contribution in [1.29, 1.82) is 0 Å². The third-order valence-corrected chi connectivity index (χ3v) is 5.33. The van der Waals surface area contributed by atoms with Crippen LogP contribution in [-0.4, -0.2) is 41.7 Å². The molecule has 0 aromatic heterocycles. The van der Waals surface area contributed by atoms with E-state index in [-0.39, 0.29) is 11.4 Å².